The van der Waals surface area contributed by atoms with Crippen molar-refractivity contribution in [2.24, 2.45) is 4.99 Å². The number of benzene rings is 2. The lowest BCUT2D eigenvalue weighted by atomic mass is 9.92. The van der Waals surface area contributed by atoms with Gasteiger partial charge in [0.25, 0.3) is 3.79 Å². The third-order valence-electron chi connectivity index (χ3n) is 4.81. The molecule has 0 fully saturated rings. The fourth-order valence-corrected chi connectivity index (χ4v) is 4.05. The quantitative estimate of drug-likeness (QED) is 0.330. The number of rotatable bonds is 2. The van der Waals surface area contributed by atoms with Crippen molar-refractivity contribution in [3.8, 4) is 11.1 Å². The van der Waals surface area contributed by atoms with E-state index in [2.05, 4.69) is 9.98 Å². The molecule has 3 aromatic rings. The Labute approximate surface area is 186 Å². The van der Waals surface area contributed by atoms with Crippen LogP contribution < -0.4 is 0 Å². The van der Waals surface area contributed by atoms with Crippen molar-refractivity contribution in [3.05, 3.63) is 81.4 Å². The second kappa shape index (κ2) is 7.44. The first-order valence-corrected chi connectivity index (χ1v) is 10.1. The van der Waals surface area contributed by atoms with E-state index in [0.717, 1.165) is 11.1 Å². The van der Waals surface area contributed by atoms with Gasteiger partial charge in [-0.15, -0.1) is 0 Å². The van der Waals surface area contributed by atoms with Gasteiger partial charge in [-0.2, -0.15) is 0 Å². The Morgan fingerprint density at radius 3 is 2.52 bits per heavy atom. The molecule has 3 nitrogen and oxygen atoms in total. The van der Waals surface area contributed by atoms with Crippen LogP contribution >= 0.6 is 46.4 Å². The Morgan fingerprint density at radius 1 is 1.10 bits per heavy atom. The third kappa shape index (κ3) is 3.59. The first-order chi connectivity index (χ1) is 13.7. The smallest absolute Gasteiger partial charge is 0.255 e. The largest absolute Gasteiger partial charge is 0.355 e. The summed E-state index contributed by atoms with van der Waals surface area (Å²) in [6.07, 6.45) is 0. The van der Waals surface area contributed by atoms with E-state index in [9.17, 15) is 9.18 Å². The van der Waals surface area contributed by atoms with Gasteiger partial charge in [-0.1, -0.05) is 64.6 Å². The zero-order valence-corrected chi connectivity index (χ0v) is 18.0. The number of nitrogens with one attached hydrogen (secondary N) is 1. The molecule has 0 bridgehead atoms. The van der Waals surface area contributed by atoms with Gasteiger partial charge in [-0.3, -0.25) is 9.79 Å². The van der Waals surface area contributed by atoms with Gasteiger partial charge in [0.1, 0.15) is 5.82 Å². The maximum Gasteiger partial charge on any atom is 0.255 e. The Hall–Kier alpha value is -1.85. The molecule has 0 spiro atoms. The molecule has 0 saturated heterocycles. The third-order valence-corrected chi connectivity index (χ3v) is 5.56. The average molecular weight is 470 g/mol. The summed E-state index contributed by atoms with van der Waals surface area (Å²) in [5.74, 6) is -1.08. The summed E-state index contributed by atoms with van der Waals surface area (Å²) in [6.45, 7) is 1.93. The van der Waals surface area contributed by atoms with Crippen molar-refractivity contribution >= 4 is 57.9 Å². The van der Waals surface area contributed by atoms with E-state index in [-0.39, 0.29) is 12.2 Å². The number of alkyl halides is 3. The normalized spacial score (nSPS) is 13.4. The number of carbonyl (C=O) groups is 1. The van der Waals surface area contributed by atoms with E-state index in [1.165, 1.54) is 6.07 Å². The van der Waals surface area contributed by atoms with Crippen molar-refractivity contribution < 1.29 is 9.18 Å². The summed E-state index contributed by atoms with van der Waals surface area (Å²) in [7, 11) is 0. The van der Waals surface area contributed by atoms with Crippen LogP contribution in [0.15, 0.2) is 47.5 Å². The first kappa shape index (κ1) is 20.4. The Morgan fingerprint density at radius 2 is 1.83 bits per heavy atom. The summed E-state index contributed by atoms with van der Waals surface area (Å²) in [5.41, 5.74) is 4.47. The predicted octanol–water partition coefficient (Wildman–Crippen LogP) is 6.69. The summed E-state index contributed by atoms with van der Waals surface area (Å²) >= 11 is 23.7. The Balaban J connectivity index is 2.01. The zero-order chi connectivity index (χ0) is 20.9. The fourth-order valence-electron chi connectivity index (χ4n) is 3.59. The average Bonchev–Trinajstić information content (AvgIpc) is 2.88. The molecule has 1 aromatic heterocycles. The van der Waals surface area contributed by atoms with Crippen LogP contribution in [0.5, 0.6) is 0 Å². The van der Waals surface area contributed by atoms with E-state index in [1.807, 2.05) is 13.0 Å². The number of aliphatic imine (C=N–C) groups is 1. The molecule has 0 atom stereocenters. The van der Waals surface area contributed by atoms with Gasteiger partial charge in [0.2, 0.25) is 5.78 Å². The molecule has 0 aliphatic carbocycles. The number of hydrogen-bond acceptors (Lipinski definition) is 2. The number of fused-ring (bicyclic) bond motifs is 3. The van der Waals surface area contributed by atoms with Crippen molar-refractivity contribution in [2.75, 3.05) is 0 Å². The van der Waals surface area contributed by atoms with E-state index in [0.29, 0.717) is 33.1 Å². The molecule has 8 heteroatoms. The van der Waals surface area contributed by atoms with Crippen LogP contribution in [0.2, 0.25) is 5.02 Å². The van der Waals surface area contributed by atoms with Gasteiger partial charge in [0, 0.05) is 33.0 Å². The van der Waals surface area contributed by atoms with Gasteiger partial charge in [0.15, 0.2) is 0 Å². The standard InChI is InChI=1S/C21H13Cl4FN2O/c1-10-17-12-7-6-11(22)8-14(12)18(13-4-2-3-5-16(13)26)27-9-15(17)19(28-10)20(29)21(23,24)25/h2-8,28H,9H2,1H3. The number of Topliss-reactive ketones (excluding diaryl/α,β-unsaturated/α-hetero) is 1. The van der Waals surface area contributed by atoms with Crippen molar-refractivity contribution in [1.29, 1.82) is 0 Å². The maximum atomic E-state index is 14.6. The van der Waals surface area contributed by atoms with Crippen LogP contribution in [0, 0.1) is 12.7 Å². The lowest BCUT2D eigenvalue weighted by Gasteiger charge is -2.12. The highest BCUT2D eigenvalue weighted by molar-refractivity contribution is 6.77. The fraction of sp³-hybridized carbons (Fsp3) is 0.143. The van der Waals surface area contributed by atoms with E-state index in [1.54, 1.807) is 30.3 Å². The number of aryl methyl sites for hydroxylation is 1. The van der Waals surface area contributed by atoms with Gasteiger partial charge >= 0.3 is 0 Å². The molecule has 29 heavy (non-hydrogen) atoms. The van der Waals surface area contributed by atoms with Crippen LogP contribution in [-0.2, 0) is 6.54 Å². The highest BCUT2D eigenvalue weighted by Crippen LogP contribution is 2.40. The minimum Gasteiger partial charge on any atom is -0.355 e. The molecule has 0 amide bonds. The highest BCUT2D eigenvalue weighted by Gasteiger charge is 2.36. The number of hydrogen-bond donors (Lipinski definition) is 1. The second-order valence-corrected chi connectivity index (χ2v) is 9.36. The zero-order valence-electron chi connectivity index (χ0n) is 15.0. The van der Waals surface area contributed by atoms with Crippen LogP contribution in [0.25, 0.3) is 11.1 Å². The molecular formula is C21H13Cl4FN2O. The minimum absolute atomic E-state index is 0.109. The van der Waals surface area contributed by atoms with Crippen molar-refractivity contribution in [2.45, 2.75) is 17.3 Å². The minimum atomic E-state index is -2.11. The second-order valence-electron chi connectivity index (χ2n) is 6.64. The molecule has 148 valence electrons. The van der Waals surface area contributed by atoms with Gasteiger partial charge in [0.05, 0.1) is 18.0 Å². The molecule has 2 aromatic carbocycles. The lowest BCUT2D eigenvalue weighted by Crippen LogP contribution is -2.20. The Bertz CT molecular complexity index is 1180. The molecule has 2 heterocycles. The number of aromatic nitrogens is 1. The predicted molar refractivity (Wildman–Crippen MR) is 116 cm³/mol. The Kier molecular flexibility index (Phi) is 5.24. The highest BCUT2D eigenvalue weighted by atomic mass is 35.6. The lowest BCUT2D eigenvalue weighted by molar-refractivity contribution is 0.0991. The molecule has 0 saturated carbocycles. The number of H-pyrrole nitrogens is 1. The van der Waals surface area contributed by atoms with Crippen LogP contribution in [0.1, 0.15) is 32.9 Å². The van der Waals surface area contributed by atoms with E-state index >= 15 is 0 Å². The number of halogens is 5. The van der Waals surface area contributed by atoms with Crippen LogP contribution in [0.3, 0.4) is 0 Å². The van der Waals surface area contributed by atoms with Crippen LogP contribution in [0.4, 0.5) is 4.39 Å². The van der Waals surface area contributed by atoms with Gasteiger partial charge in [-0.25, -0.2) is 4.39 Å². The molecule has 0 unspecified atom stereocenters. The number of ketones is 1. The molecule has 1 N–H and O–H groups in total. The van der Waals surface area contributed by atoms with Gasteiger partial charge in [-0.05, 0) is 36.8 Å². The molecule has 0 radical (unpaired) electrons. The number of aromatic amines is 1. The maximum absolute atomic E-state index is 14.6. The van der Waals surface area contributed by atoms with Crippen molar-refractivity contribution in [3.63, 3.8) is 0 Å². The van der Waals surface area contributed by atoms with Crippen molar-refractivity contribution in [1.82, 2.24) is 4.98 Å². The molecule has 4 rings (SSSR count). The molecule has 1 aliphatic rings. The topological polar surface area (TPSA) is 45.2 Å². The SMILES string of the molecule is Cc1[nH]c(C(=O)C(Cl)(Cl)Cl)c2c1-c1ccc(Cl)cc1C(c1ccccc1F)=NC2. The van der Waals surface area contributed by atoms with Crippen LogP contribution in [-0.4, -0.2) is 20.3 Å². The van der Waals surface area contributed by atoms with Gasteiger partial charge < -0.3 is 4.98 Å². The summed E-state index contributed by atoms with van der Waals surface area (Å²) < 4.78 is 12.5. The summed E-state index contributed by atoms with van der Waals surface area (Å²) in [5, 5.41) is 0.488. The monoisotopic (exact) mass is 468 g/mol. The van der Waals surface area contributed by atoms with E-state index < -0.39 is 15.4 Å². The number of carbonyl (C=O) groups excluding carboxylic acids is 1. The summed E-state index contributed by atoms with van der Waals surface area (Å²) in [6, 6.07) is 11.7. The summed E-state index contributed by atoms with van der Waals surface area (Å²) in [4.78, 5) is 20.3. The van der Waals surface area contributed by atoms with E-state index in [4.69, 9.17) is 46.4 Å². The first-order valence-electron chi connectivity index (χ1n) is 8.61. The number of nitrogens with zero attached hydrogens (tertiary/aromatic N) is 1. The molecule has 1 aliphatic heterocycles. The molecular weight excluding hydrogens is 457 g/mol.